The van der Waals surface area contributed by atoms with E-state index in [0.29, 0.717) is 6.54 Å². The Labute approximate surface area is 141 Å². The number of carbonyl (C=O) groups is 1. The number of nitrogens with two attached hydrogens (primary N) is 1. The highest BCUT2D eigenvalue weighted by Gasteiger charge is 2.24. The molecule has 1 fully saturated rings. The van der Waals surface area contributed by atoms with Crippen LogP contribution in [0.4, 0.5) is 0 Å². The van der Waals surface area contributed by atoms with Crippen molar-refractivity contribution in [2.45, 2.75) is 52.9 Å². The zero-order chi connectivity index (χ0) is 17.1. The number of amides is 1. The van der Waals surface area contributed by atoms with Crippen molar-refractivity contribution >= 4 is 11.9 Å². The average molecular weight is 326 g/mol. The molecule has 134 valence electrons. The third-order valence-electron chi connectivity index (χ3n) is 4.29. The van der Waals surface area contributed by atoms with Gasteiger partial charge in [0.1, 0.15) is 0 Å². The molecule has 4 N–H and O–H groups in total. The first-order valence-electron chi connectivity index (χ1n) is 9.00. The second-order valence-corrected chi connectivity index (χ2v) is 6.98. The Morgan fingerprint density at radius 2 is 1.83 bits per heavy atom. The van der Waals surface area contributed by atoms with Gasteiger partial charge in [0, 0.05) is 13.1 Å². The van der Waals surface area contributed by atoms with Gasteiger partial charge >= 0.3 is 0 Å². The number of guanidine groups is 1. The Hall–Kier alpha value is -1.30. The molecule has 0 aromatic heterocycles. The van der Waals surface area contributed by atoms with E-state index in [1.54, 1.807) is 0 Å². The minimum Gasteiger partial charge on any atom is -0.369 e. The fourth-order valence-electron chi connectivity index (χ4n) is 2.57. The largest absolute Gasteiger partial charge is 0.369 e. The van der Waals surface area contributed by atoms with Crippen molar-refractivity contribution in [2.24, 2.45) is 16.1 Å². The Morgan fingerprint density at radius 3 is 2.39 bits per heavy atom. The van der Waals surface area contributed by atoms with Gasteiger partial charge in [-0.1, -0.05) is 12.8 Å². The Balaban J connectivity index is 2.33. The van der Waals surface area contributed by atoms with Gasteiger partial charge in [0.2, 0.25) is 5.91 Å². The smallest absolute Gasteiger partial charge is 0.224 e. The summed E-state index contributed by atoms with van der Waals surface area (Å²) in [4.78, 5) is 18.4. The van der Waals surface area contributed by atoms with Crippen LogP contribution in [0.2, 0.25) is 0 Å². The van der Waals surface area contributed by atoms with Gasteiger partial charge in [-0.25, -0.2) is 0 Å². The average Bonchev–Trinajstić information content (AvgIpc) is 2.77. The molecular formula is C17H35N5O. The maximum Gasteiger partial charge on any atom is 0.224 e. The maximum absolute atomic E-state index is 11.4. The number of carbonyl (C=O) groups excluding carboxylic acids is 1. The van der Waals surface area contributed by atoms with Gasteiger partial charge in [0.25, 0.3) is 0 Å². The lowest BCUT2D eigenvalue weighted by atomic mass is 9.93. The summed E-state index contributed by atoms with van der Waals surface area (Å²) in [6.45, 7) is 11.4. The van der Waals surface area contributed by atoms with Crippen LogP contribution < -0.4 is 16.4 Å². The molecule has 1 aliphatic heterocycles. The fraction of sp³-hybridized carbons (Fsp3) is 0.882. The van der Waals surface area contributed by atoms with Crippen molar-refractivity contribution < 1.29 is 4.79 Å². The summed E-state index contributed by atoms with van der Waals surface area (Å²) in [5, 5.41) is 6.56. The van der Waals surface area contributed by atoms with Crippen molar-refractivity contribution in [1.29, 1.82) is 0 Å². The summed E-state index contributed by atoms with van der Waals surface area (Å²) in [5.74, 6) is 0.441. The normalized spacial score (nSPS) is 17.6. The summed E-state index contributed by atoms with van der Waals surface area (Å²) in [7, 11) is 0. The molecule has 1 amide bonds. The number of primary amides is 1. The lowest BCUT2D eigenvalue weighted by molar-refractivity contribution is -0.125. The lowest BCUT2D eigenvalue weighted by Gasteiger charge is -2.21. The molecule has 0 atom stereocenters. The van der Waals surface area contributed by atoms with Crippen LogP contribution in [0.1, 0.15) is 52.9 Å². The predicted octanol–water partition coefficient (Wildman–Crippen LogP) is 1.32. The first-order chi connectivity index (χ1) is 11.0. The number of nitrogens with zero attached hydrogens (tertiary/aromatic N) is 2. The Kier molecular flexibility index (Phi) is 8.99. The molecule has 0 bridgehead atoms. The van der Waals surface area contributed by atoms with Gasteiger partial charge in [-0.2, -0.15) is 0 Å². The standard InChI is InChI=1S/C17H35N5O/c1-4-19-16(21-14-17(2,3)15(18)23)20-10-9-13-22-11-7-5-6-8-12-22/h4-14H2,1-3H3,(H2,18,23)(H2,19,20,21). The molecule has 1 heterocycles. The number of nitrogens with one attached hydrogen (secondary N) is 2. The van der Waals surface area contributed by atoms with Gasteiger partial charge < -0.3 is 21.3 Å². The lowest BCUT2D eigenvalue weighted by Crippen LogP contribution is -2.41. The molecule has 0 unspecified atom stereocenters. The van der Waals surface area contributed by atoms with Crippen molar-refractivity contribution in [1.82, 2.24) is 15.5 Å². The van der Waals surface area contributed by atoms with E-state index in [1.807, 2.05) is 20.8 Å². The highest BCUT2D eigenvalue weighted by molar-refractivity contribution is 5.82. The molecule has 6 nitrogen and oxygen atoms in total. The molecule has 1 aliphatic rings. The molecule has 1 rings (SSSR count). The zero-order valence-electron chi connectivity index (χ0n) is 15.2. The Bertz CT molecular complexity index is 373. The van der Waals surface area contributed by atoms with Crippen LogP contribution in [0, 0.1) is 5.41 Å². The van der Waals surface area contributed by atoms with Crippen LogP contribution in [-0.4, -0.2) is 56.0 Å². The van der Waals surface area contributed by atoms with E-state index in [4.69, 9.17) is 5.73 Å². The van der Waals surface area contributed by atoms with E-state index in [1.165, 1.54) is 38.8 Å². The van der Waals surface area contributed by atoms with Gasteiger partial charge in [0.15, 0.2) is 5.96 Å². The summed E-state index contributed by atoms with van der Waals surface area (Å²) in [6, 6.07) is 0. The van der Waals surface area contributed by atoms with Crippen molar-refractivity contribution in [2.75, 3.05) is 39.3 Å². The fourth-order valence-corrected chi connectivity index (χ4v) is 2.57. The van der Waals surface area contributed by atoms with E-state index in [0.717, 1.165) is 32.0 Å². The number of hydrogen-bond acceptors (Lipinski definition) is 3. The summed E-state index contributed by atoms with van der Waals surface area (Å²) < 4.78 is 0. The van der Waals surface area contributed by atoms with Crippen molar-refractivity contribution in [3.05, 3.63) is 0 Å². The van der Waals surface area contributed by atoms with E-state index in [-0.39, 0.29) is 5.91 Å². The second-order valence-electron chi connectivity index (χ2n) is 6.98. The van der Waals surface area contributed by atoms with E-state index < -0.39 is 5.41 Å². The molecule has 0 aromatic carbocycles. The van der Waals surface area contributed by atoms with Crippen LogP contribution in [0.15, 0.2) is 4.99 Å². The monoisotopic (exact) mass is 325 g/mol. The molecular weight excluding hydrogens is 290 g/mol. The highest BCUT2D eigenvalue weighted by atomic mass is 16.1. The van der Waals surface area contributed by atoms with Crippen molar-refractivity contribution in [3.8, 4) is 0 Å². The molecule has 0 aliphatic carbocycles. The molecule has 0 saturated carbocycles. The van der Waals surface area contributed by atoms with E-state index >= 15 is 0 Å². The first-order valence-corrected chi connectivity index (χ1v) is 9.00. The number of hydrogen-bond donors (Lipinski definition) is 3. The zero-order valence-corrected chi connectivity index (χ0v) is 15.2. The first kappa shape index (κ1) is 19.7. The number of aliphatic imine (C=N–C) groups is 1. The molecule has 0 spiro atoms. The molecule has 0 aromatic rings. The van der Waals surface area contributed by atoms with Gasteiger partial charge in [-0.15, -0.1) is 0 Å². The van der Waals surface area contributed by atoms with Crippen LogP contribution in [-0.2, 0) is 4.79 Å². The minimum atomic E-state index is -0.617. The topological polar surface area (TPSA) is 82.7 Å². The summed E-state index contributed by atoms with van der Waals surface area (Å²) in [6.07, 6.45) is 6.52. The molecule has 0 radical (unpaired) electrons. The minimum absolute atomic E-state index is 0.321. The van der Waals surface area contributed by atoms with Gasteiger partial charge in [0.05, 0.1) is 12.0 Å². The SMILES string of the molecule is CCNC(=NCC(C)(C)C(N)=O)NCCCN1CCCCCC1. The molecule has 23 heavy (non-hydrogen) atoms. The number of rotatable bonds is 8. The molecule has 1 saturated heterocycles. The molecule has 6 heteroatoms. The maximum atomic E-state index is 11.4. The van der Waals surface area contributed by atoms with E-state index in [2.05, 4.69) is 20.5 Å². The quantitative estimate of drug-likeness (QED) is 0.357. The summed E-state index contributed by atoms with van der Waals surface area (Å²) >= 11 is 0. The second kappa shape index (κ2) is 10.5. The highest BCUT2D eigenvalue weighted by Crippen LogP contribution is 2.13. The summed E-state index contributed by atoms with van der Waals surface area (Å²) in [5.41, 5.74) is 4.78. The van der Waals surface area contributed by atoms with Crippen LogP contribution in [0.5, 0.6) is 0 Å². The predicted molar refractivity (Wildman–Crippen MR) is 96.5 cm³/mol. The van der Waals surface area contributed by atoms with Crippen molar-refractivity contribution in [3.63, 3.8) is 0 Å². The third kappa shape index (κ3) is 8.21. The number of likely N-dealkylation sites (tertiary alicyclic amines) is 1. The van der Waals surface area contributed by atoms with Gasteiger partial charge in [-0.3, -0.25) is 9.79 Å². The van der Waals surface area contributed by atoms with E-state index in [9.17, 15) is 4.79 Å². The Morgan fingerprint density at radius 1 is 1.17 bits per heavy atom. The van der Waals surface area contributed by atoms with Crippen LogP contribution in [0.25, 0.3) is 0 Å². The van der Waals surface area contributed by atoms with Gasteiger partial charge in [-0.05, 0) is 59.7 Å². The third-order valence-corrected chi connectivity index (χ3v) is 4.29. The van der Waals surface area contributed by atoms with Crippen LogP contribution in [0.3, 0.4) is 0 Å². The van der Waals surface area contributed by atoms with Crippen LogP contribution >= 0.6 is 0 Å².